The Bertz CT molecular complexity index is 1440. The minimum Gasteiger partial charge on any atom is -0.496 e. The van der Waals surface area contributed by atoms with Gasteiger partial charge in [-0.1, -0.05) is 52.5 Å². The molecule has 41 heavy (non-hydrogen) atoms. The molecular weight excluding hydrogens is 520 g/mol. The van der Waals surface area contributed by atoms with Crippen LogP contribution in [-0.4, -0.2) is 47.8 Å². The van der Waals surface area contributed by atoms with Gasteiger partial charge in [-0.15, -0.1) is 0 Å². The first-order chi connectivity index (χ1) is 19.7. The highest BCUT2D eigenvalue weighted by Crippen LogP contribution is 2.27. The first kappa shape index (κ1) is 30.9. The molecule has 0 spiro atoms. The lowest BCUT2D eigenvalue weighted by Crippen LogP contribution is -2.45. The summed E-state index contributed by atoms with van der Waals surface area (Å²) in [5.74, 6) is -0.671. The third-order valence-corrected chi connectivity index (χ3v) is 6.66. The second-order valence-corrected chi connectivity index (χ2v) is 9.70. The number of aromatic nitrogens is 2. The fourth-order valence-corrected chi connectivity index (χ4v) is 4.34. The van der Waals surface area contributed by atoms with Gasteiger partial charge in [-0.25, -0.2) is 9.48 Å². The summed E-state index contributed by atoms with van der Waals surface area (Å²) < 4.78 is 12.1. The summed E-state index contributed by atoms with van der Waals surface area (Å²) in [6.45, 7) is 11.6. The van der Waals surface area contributed by atoms with Gasteiger partial charge in [0.2, 0.25) is 0 Å². The fraction of sp³-hybridized carbons (Fsp3) is 0.312. The van der Waals surface area contributed by atoms with Crippen molar-refractivity contribution < 1.29 is 23.9 Å². The Morgan fingerprint density at radius 3 is 2.22 bits per heavy atom. The third-order valence-electron chi connectivity index (χ3n) is 6.66. The molecular formula is C32H38N4O5. The number of hydrogen-bond acceptors (Lipinski definition) is 6. The van der Waals surface area contributed by atoms with Crippen LogP contribution in [0.15, 0.2) is 67.3 Å². The summed E-state index contributed by atoms with van der Waals surface area (Å²) in [6.07, 6.45) is 5.02. The number of amides is 2. The lowest BCUT2D eigenvalue weighted by Gasteiger charge is -2.19. The van der Waals surface area contributed by atoms with Crippen molar-refractivity contribution in [1.82, 2.24) is 15.1 Å². The van der Waals surface area contributed by atoms with E-state index < -0.39 is 23.8 Å². The molecule has 216 valence electrons. The number of rotatable bonds is 12. The third kappa shape index (κ3) is 7.30. The first-order valence-electron chi connectivity index (χ1n) is 13.6. The molecule has 1 atom stereocenters. The van der Waals surface area contributed by atoms with Crippen molar-refractivity contribution in [3.63, 3.8) is 0 Å². The van der Waals surface area contributed by atoms with Crippen LogP contribution in [0, 0.1) is 5.92 Å². The molecule has 9 heteroatoms. The van der Waals surface area contributed by atoms with Crippen LogP contribution >= 0.6 is 0 Å². The molecule has 0 saturated heterocycles. The van der Waals surface area contributed by atoms with Crippen LogP contribution in [0.4, 0.5) is 5.69 Å². The number of esters is 1. The average molecular weight is 559 g/mol. The molecule has 0 aliphatic heterocycles. The largest absolute Gasteiger partial charge is 0.496 e. The van der Waals surface area contributed by atoms with Gasteiger partial charge >= 0.3 is 5.97 Å². The van der Waals surface area contributed by atoms with Gasteiger partial charge in [0.1, 0.15) is 11.8 Å². The first-order valence-corrected chi connectivity index (χ1v) is 13.6. The number of methoxy groups -OCH3 is 2. The molecule has 0 aliphatic carbocycles. The summed E-state index contributed by atoms with van der Waals surface area (Å²) >= 11 is 0. The number of anilines is 1. The highest BCUT2D eigenvalue weighted by molar-refractivity contribution is 6.03. The van der Waals surface area contributed by atoms with Gasteiger partial charge in [0.25, 0.3) is 11.8 Å². The summed E-state index contributed by atoms with van der Waals surface area (Å²) in [5, 5.41) is 10.2. The van der Waals surface area contributed by atoms with E-state index in [0.717, 1.165) is 34.7 Å². The predicted octanol–water partition coefficient (Wildman–Crippen LogP) is 5.27. The molecule has 1 aromatic heterocycles. The average Bonchev–Trinajstić information content (AvgIpc) is 3.42. The predicted molar refractivity (Wildman–Crippen MR) is 160 cm³/mol. The number of nitrogens with zero attached hydrogens (tertiary/aromatic N) is 2. The number of aryl methyl sites for hydroxylation is 2. The number of nitrogens with one attached hydrogen (secondary N) is 2. The van der Waals surface area contributed by atoms with E-state index in [0.29, 0.717) is 17.7 Å². The van der Waals surface area contributed by atoms with Crippen LogP contribution in [0.2, 0.25) is 0 Å². The molecule has 2 aromatic carbocycles. The van der Waals surface area contributed by atoms with Gasteiger partial charge in [-0.05, 0) is 66.8 Å². The topological polar surface area (TPSA) is 112 Å². The van der Waals surface area contributed by atoms with Crippen LogP contribution in [0.1, 0.15) is 65.4 Å². The van der Waals surface area contributed by atoms with E-state index in [-0.39, 0.29) is 11.6 Å². The minimum atomic E-state index is -0.763. The molecule has 9 nitrogen and oxygen atoms in total. The van der Waals surface area contributed by atoms with Crippen LogP contribution < -0.4 is 15.4 Å². The molecule has 0 aliphatic rings. The maximum absolute atomic E-state index is 13.2. The SMILES string of the molecule is C=C/C=C(/c1ccc(CC)c(OC)c1)n1nc(C(=O)Nc2ccc(C(=O)NC(C(=O)OC)C(C)C)cc2)cc1CC. The van der Waals surface area contributed by atoms with E-state index in [4.69, 9.17) is 9.47 Å². The zero-order valence-electron chi connectivity index (χ0n) is 24.5. The van der Waals surface area contributed by atoms with Gasteiger partial charge in [0.05, 0.1) is 19.9 Å². The minimum absolute atomic E-state index is 0.141. The number of benzene rings is 2. The Kier molecular flexibility index (Phi) is 10.6. The van der Waals surface area contributed by atoms with Crippen molar-refractivity contribution in [2.24, 2.45) is 5.92 Å². The Hall–Kier alpha value is -4.66. The Morgan fingerprint density at radius 2 is 1.66 bits per heavy atom. The number of carbonyl (C=O) groups is 3. The maximum Gasteiger partial charge on any atom is 0.328 e. The molecule has 2 amide bonds. The van der Waals surface area contributed by atoms with Crippen LogP contribution in [0.5, 0.6) is 5.75 Å². The van der Waals surface area contributed by atoms with Crippen LogP contribution in [0.3, 0.4) is 0 Å². The van der Waals surface area contributed by atoms with Gasteiger partial charge in [0, 0.05) is 22.5 Å². The second kappa shape index (κ2) is 14.1. The molecule has 0 fully saturated rings. The molecule has 1 unspecified atom stereocenters. The molecule has 2 N–H and O–H groups in total. The van der Waals surface area contributed by atoms with E-state index in [1.165, 1.54) is 7.11 Å². The Morgan fingerprint density at radius 1 is 0.976 bits per heavy atom. The van der Waals surface area contributed by atoms with E-state index in [2.05, 4.69) is 29.2 Å². The monoisotopic (exact) mass is 558 g/mol. The molecule has 1 heterocycles. The van der Waals surface area contributed by atoms with Gasteiger partial charge in [0.15, 0.2) is 5.69 Å². The van der Waals surface area contributed by atoms with Crippen molar-refractivity contribution in [3.05, 3.63) is 95.3 Å². The zero-order valence-corrected chi connectivity index (χ0v) is 24.5. The maximum atomic E-state index is 13.2. The number of allylic oxidation sites excluding steroid dienone is 2. The zero-order chi connectivity index (χ0) is 30.1. The van der Waals surface area contributed by atoms with Gasteiger partial charge < -0.3 is 20.1 Å². The van der Waals surface area contributed by atoms with Crippen molar-refractivity contribution in [2.45, 2.75) is 46.6 Å². The molecule has 0 bridgehead atoms. The quantitative estimate of drug-likeness (QED) is 0.231. The van der Waals surface area contributed by atoms with E-state index in [1.807, 2.05) is 45.0 Å². The normalized spacial score (nSPS) is 12.0. The highest BCUT2D eigenvalue weighted by Gasteiger charge is 2.25. The van der Waals surface area contributed by atoms with Crippen molar-refractivity contribution >= 4 is 29.2 Å². The van der Waals surface area contributed by atoms with Crippen molar-refractivity contribution in [2.75, 3.05) is 19.5 Å². The smallest absolute Gasteiger partial charge is 0.328 e. The van der Waals surface area contributed by atoms with Crippen molar-refractivity contribution in [3.8, 4) is 5.75 Å². The number of ether oxygens (including phenoxy) is 2. The Balaban J connectivity index is 1.82. The fourth-order valence-electron chi connectivity index (χ4n) is 4.34. The van der Waals surface area contributed by atoms with Gasteiger partial charge in [-0.3, -0.25) is 9.59 Å². The molecule has 0 saturated carbocycles. The summed E-state index contributed by atoms with van der Waals surface area (Å²) in [5.41, 5.74) is 4.67. The Labute approximate surface area is 241 Å². The lowest BCUT2D eigenvalue weighted by molar-refractivity contribution is -0.144. The highest BCUT2D eigenvalue weighted by atomic mass is 16.5. The van der Waals surface area contributed by atoms with E-state index >= 15 is 0 Å². The van der Waals surface area contributed by atoms with E-state index in [9.17, 15) is 14.4 Å². The second-order valence-electron chi connectivity index (χ2n) is 9.70. The molecule has 3 rings (SSSR count). The van der Waals surface area contributed by atoms with E-state index in [1.54, 1.807) is 48.2 Å². The van der Waals surface area contributed by atoms with Crippen LogP contribution in [-0.2, 0) is 22.4 Å². The van der Waals surface area contributed by atoms with Gasteiger partial charge in [-0.2, -0.15) is 5.10 Å². The standard InChI is InChI=1S/C32H38N4O5/c1-8-11-27(23-13-12-21(9-2)28(18-23)40-6)36-25(10-3)19-26(35-36)31(38)33-24-16-14-22(15-17-24)30(37)34-29(20(4)5)32(39)41-7/h8,11-20,29H,1,9-10H2,2-7H3,(H,33,38)(H,34,37)/b27-11-. The molecule has 3 aromatic rings. The lowest BCUT2D eigenvalue weighted by atomic mass is 10.0. The molecule has 0 radical (unpaired) electrons. The summed E-state index contributed by atoms with van der Waals surface area (Å²) in [7, 11) is 2.93. The van der Waals surface area contributed by atoms with Crippen LogP contribution in [0.25, 0.3) is 5.70 Å². The summed E-state index contributed by atoms with van der Waals surface area (Å²) in [6, 6.07) is 13.4. The number of carbonyl (C=O) groups excluding carboxylic acids is 3. The summed E-state index contributed by atoms with van der Waals surface area (Å²) in [4.78, 5) is 37.8. The van der Waals surface area contributed by atoms with Crippen molar-refractivity contribution in [1.29, 1.82) is 0 Å². The number of hydrogen-bond donors (Lipinski definition) is 2.